The number of aliphatic imine (C=N–C) groups is 1. The van der Waals surface area contributed by atoms with Gasteiger partial charge < -0.3 is 20.0 Å². The molecule has 2 aliphatic rings. The summed E-state index contributed by atoms with van der Waals surface area (Å²) in [6.45, 7) is 9.59. The second-order valence-electron chi connectivity index (χ2n) is 7.75. The highest BCUT2D eigenvalue weighted by molar-refractivity contribution is 7.13. The van der Waals surface area contributed by atoms with E-state index in [1.54, 1.807) is 11.3 Å². The Morgan fingerprint density at radius 2 is 1.80 bits per heavy atom. The van der Waals surface area contributed by atoms with E-state index in [1.165, 1.54) is 25.0 Å². The van der Waals surface area contributed by atoms with Gasteiger partial charge in [-0.05, 0) is 44.0 Å². The van der Waals surface area contributed by atoms with E-state index in [2.05, 4.69) is 32.3 Å². The fourth-order valence-corrected chi connectivity index (χ4v) is 4.91. The summed E-state index contributed by atoms with van der Waals surface area (Å²) in [5.74, 6) is 0.790. The average molecular weight is 431 g/mol. The monoisotopic (exact) mass is 430 g/mol. The lowest BCUT2D eigenvalue weighted by Crippen LogP contribution is -2.52. The van der Waals surface area contributed by atoms with Gasteiger partial charge in [-0.2, -0.15) is 0 Å². The van der Waals surface area contributed by atoms with Gasteiger partial charge in [0, 0.05) is 69.8 Å². The van der Waals surface area contributed by atoms with Gasteiger partial charge in [-0.3, -0.25) is 4.99 Å². The summed E-state index contributed by atoms with van der Waals surface area (Å²) in [5, 5.41) is 6.77. The fourth-order valence-electron chi connectivity index (χ4n) is 4.00. The van der Waals surface area contributed by atoms with Gasteiger partial charge in [-0.15, -0.1) is 11.3 Å². The summed E-state index contributed by atoms with van der Waals surface area (Å²) in [5.41, 5.74) is 2.22. The Labute approximate surface area is 182 Å². The van der Waals surface area contributed by atoms with Gasteiger partial charge in [0.15, 0.2) is 11.1 Å². The molecule has 30 heavy (non-hydrogen) atoms. The number of halogens is 1. The van der Waals surface area contributed by atoms with E-state index in [0.29, 0.717) is 0 Å². The van der Waals surface area contributed by atoms with Crippen molar-refractivity contribution in [3.63, 3.8) is 0 Å². The molecule has 6 nitrogen and oxygen atoms in total. The van der Waals surface area contributed by atoms with Gasteiger partial charge in [0.2, 0.25) is 0 Å². The largest absolute Gasteiger partial charge is 0.368 e. The molecule has 0 bridgehead atoms. The number of aromatic nitrogens is 1. The van der Waals surface area contributed by atoms with Crippen molar-refractivity contribution in [2.45, 2.75) is 26.2 Å². The van der Waals surface area contributed by atoms with E-state index in [0.717, 1.165) is 81.3 Å². The number of guanidine groups is 1. The van der Waals surface area contributed by atoms with Gasteiger partial charge in [0.1, 0.15) is 5.82 Å². The molecule has 0 radical (unpaired) electrons. The number of anilines is 2. The van der Waals surface area contributed by atoms with Crippen LogP contribution in [0, 0.1) is 5.82 Å². The third-order valence-electron chi connectivity index (χ3n) is 5.65. The molecule has 2 aromatic rings. The lowest BCUT2D eigenvalue weighted by Gasteiger charge is -2.37. The normalized spacial score (nSPS) is 17.7. The first-order valence-electron chi connectivity index (χ1n) is 11.0. The molecular weight excluding hydrogens is 399 g/mol. The smallest absolute Gasteiger partial charge is 0.194 e. The van der Waals surface area contributed by atoms with Gasteiger partial charge in [0.25, 0.3) is 0 Å². The topological polar surface area (TPSA) is 47.0 Å². The van der Waals surface area contributed by atoms with Crippen molar-refractivity contribution in [2.75, 3.05) is 62.2 Å². The van der Waals surface area contributed by atoms with Crippen molar-refractivity contribution in [1.82, 2.24) is 15.2 Å². The Kier molecular flexibility index (Phi) is 7.04. The molecule has 0 spiro atoms. The summed E-state index contributed by atoms with van der Waals surface area (Å²) in [6.07, 6.45) is 3.42. The summed E-state index contributed by atoms with van der Waals surface area (Å²) in [7, 11) is 0. The van der Waals surface area contributed by atoms with Crippen LogP contribution in [0.4, 0.5) is 15.2 Å². The SMILES string of the molecule is CCNC(=NCCc1csc(N2CCCC2)n1)N1CCN(c2ccc(F)cc2)CC1. The van der Waals surface area contributed by atoms with Crippen molar-refractivity contribution >= 4 is 28.1 Å². The van der Waals surface area contributed by atoms with Crippen molar-refractivity contribution in [1.29, 1.82) is 0 Å². The van der Waals surface area contributed by atoms with Crippen LogP contribution in [-0.2, 0) is 6.42 Å². The van der Waals surface area contributed by atoms with E-state index in [-0.39, 0.29) is 5.82 Å². The second kappa shape index (κ2) is 10.1. The Balaban J connectivity index is 1.30. The predicted octanol–water partition coefficient (Wildman–Crippen LogP) is 3.21. The molecule has 2 saturated heterocycles. The fraction of sp³-hybridized carbons (Fsp3) is 0.545. The van der Waals surface area contributed by atoms with E-state index < -0.39 is 0 Å². The molecule has 1 N–H and O–H groups in total. The highest BCUT2D eigenvalue weighted by atomic mass is 32.1. The molecule has 2 fully saturated rings. The number of nitrogens with one attached hydrogen (secondary N) is 1. The number of piperazine rings is 1. The van der Waals surface area contributed by atoms with Crippen LogP contribution in [0.2, 0.25) is 0 Å². The van der Waals surface area contributed by atoms with Crippen LogP contribution in [0.25, 0.3) is 0 Å². The van der Waals surface area contributed by atoms with Crippen molar-refractivity contribution < 1.29 is 4.39 Å². The molecular formula is C22H31FN6S. The van der Waals surface area contributed by atoms with Gasteiger partial charge in [-0.25, -0.2) is 9.37 Å². The predicted molar refractivity (Wildman–Crippen MR) is 123 cm³/mol. The lowest BCUT2D eigenvalue weighted by atomic mass is 10.2. The summed E-state index contributed by atoms with van der Waals surface area (Å²) < 4.78 is 13.2. The van der Waals surface area contributed by atoms with Crippen molar-refractivity contribution in [3.05, 3.63) is 41.2 Å². The van der Waals surface area contributed by atoms with Crippen LogP contribution in [-0.4, -0.2) is 68.2 Å². The maximum absolute atomic E-state index is 13.2. The molecule has 0 aliphatic carbocycles. The summed E-state index contributed by atoms with van der Waals surface area (Å²) in [6, 6.07) is 6.77. The number of hydrogen-bond donors (Lipinski definition) is 1. The minimum absolute atomic E-state index is 0.188. The highest BCUT2D eigenvalue weighted by Gasteiger charge is 2.20. The van der Waals surface area contributed by atoms with Crippen LogP contribution in [0.1, 0.15) is 25.5 Å². The quantitative estimate of drug-likeness (QED) is 0.563. The molecule has 162 valence electrons. The average Bonchev–Trinajstić information content (AvgIpc) is 3.46. The minimum Gasteiger partial charge on any atom is -0.368 e. The van der Waals surface area contributed by atoms with Crippen LogP contribution in [0.15, 0.2) is 34.6 Å². The molecule has 0 saturated carbocycles. The maximum atomic E-state index is 13.2. The molecule has 3 heterocycles. The first-order chi connectivity index (χ1) is 14.7. The molecule has 0 atom stereocenters. The molecule has 1 aromatic heterocycles. The molecule has 0 amide bonds. The Bertz CT molecular complexity index is 822. The molecule has 4 rings (SSSR count). The molecule has 0 unspecified atom stereocenters. The number of rotatable bonds is 6. The highest BCUT2D eigenvalue weighted by Crippen LogP contribution is 2.24. The zero-order chi connectivity index (χ0) is 20.8. The standard InChI is InChI=1S/C22H31FN6S/c1-2-24-21(25-10-9-19-17-30-22(26-19)29-11-3-4-12-29)28-15-13-27(14-16-28)20-7-5-18(23)6-8-20/h5-8,17H,2-4,9-16H2,1H3,(H,24,25). The Morgan fingerprint density at radius 1 is 1.07 bits per heavy atom. The van der Waals surface area contributed by atoms with Crippen molar-refractivity contribution in [3.8, 4) is 0 Å². The van der Waals surface area contributed by atoms with Crippen molar-refractivity contribution in [2.24, 2.45) is 4.99 Å². The number of hydrogen-bond acceptors (Lipinski definition) is 5. The van der Waals surface area contributed by atoms with Crippen LogP contribution in [0.5, 0.6) is 0 Å². The van der Waals surface area contributed by atoms with Crippen LogP contribution in [0.3, 0.4) is 0 Å². The summed E-state index contributed by atoms with van der Waals surface area (Å²) in [4.78, 5) is 16.7. The third kappa shape index (κ3) is 5.22. The van der Waals surface area contributed by atoms with Gasteiger partial charge in [0.05, 0.1) is 5.69 Å². The number of benzene rings is 1. The van der Waals surface area contributed by atoms with E-state index in [1.807, 2.05) is 12.1 Å². The Hall–Kier alpha value is -2.35. The first kappa shape index (κ1) is 20.9. The summed E-state index contributed by atoms with van der Waals surface area (Å²) >= 11 is 1.75. The van der Waals surface area contributed by atoms with Gasteiger partial charge in [-0.1, -0.05) is 0 Å². The van der Waals surface area contributed by atoms with Gasteiger partial charge >= 0.3 is 0 Å². The van der Waals surface area contributed by atoms with Crippen LogP contribution < -0.4 is 15.1 Å². The zero-order valence-corrected chi connectivity index (χ0v) is 18.5. The van der Waals surface area contributed by atoms with E-state index in [9.17, 15) is 4.39 Å². The van der Waals surface area contributed by atoms with E-state index in [4.69, 9.17) is 9.98 Å². The number of nitrogens with zero attached hydrogens (tertiary/aromatic N) is 5. The molecule has 2 aliphatic heterocycles. The minimum atomic E-state index is -0.188. The maximum Gasteiger partial charge on any atom is 0.194 e. The van der Waals surface area contributed by atoms with Crippen LogP contribution >= 0.6 is 11.3 Å². The lowest BCUT2D eigenvalue weighted by molar-refractivity contribution is 0.372. The molecule has 8 heteroatoms. The zero-order valence-electron chi connectivity index (χ0n) is 17.7. The van der Waals surface area contributed by atoms with E-state index >= 15 is 0 Å². The molecule has 1 aromatic carbocycles. The third-order valence-corrected chi connectivity index (χ3v) is 6.60. The second-order valence-corrected chi connectivity index (χ2v) is 8.59. The number of thiazole rings is 1. The first-order valence-corrected chi connectivity index (χ1v) is 11.8. The Morgan fingerprint density at radius 3 is 2.50 bits per heavy atom.